The zero-order valence-corrected chi connectivity index (χ0v) is 16.4. The van der Waals surface area contributed by atoms with Crippen molar-refractivity contribution in [1.29, 1.82) is 0 Å². The van der Waals surface area contributed by atoms with Crippen LogP contribution in [0.15, 0.2) is 52.0 Å². The van der Waals surface area contributed by atoms with Gasteiger partial charge in [-0.2, -0.15) is 5.10 Å². The Balaban J connectivity index is 1.71. The quantitative estimate of drug-likeness (QED) is 0.145. The Labute approximate surface area is 175 Å². The van der Waals surface area contributed by atoms with E-state index in [1.165, 1.54) is 24.3 Å². The number of hydrogen-bond donors (Lipinski definition) is 1. The van der Waals surface area contributed by atoms with E-state index in [1.807, 2.05) is 5.43 Å². The second-order valence-electron chi connectivity index (χ2n) is 5.88. The van der Waals surface area contributed by atoms with E-state index < -0.39 is 40.6 Å². The number of halogens is 7. The van der Waals surface area contributed by atoms with Gasteiger partial charge in [0.15, 0.2) is 23.3 Å². The summed E-state index contributed by atoms with van der Waals surface area (Å²) in [5.41, 5.74) is 1.31. The van der Waals surface area contributed by atoms with E-state index in [0.29, 0.717) is 21.3 Å². The zero-order chi connectivity index (χ0) is 21.8. The van der Waals surface area contributed by atoms with Crippen LogP contribution < -0.4 is 10.2 Å². The maximum atomic E-state index is 13.6. The van der Waals surface area contributed by atoms with E-state index in [0.717, 1.165) is 6.21 Å². The number of anilines is 1. The van der Waals surface area contributed by atoms with Crippen LogP contribution in [-0.2, 0) is 6.61 Å². The molecule has 0 radical (unpaired) electrons. The van der Waals surface area contributed by atoms with Gasteiger partial charge < -0.3 is 4.74 Å². The minimum atomic E-state index is -2.26. The highest BCUT2D eigenvalue weighted by atomic mass is 79.9. The first-order chi connectivity index (χ1) is 14.3. The third-order valence-corrected chi connectivity index (χ3v) is 4.52. The van der Waals surface area contributed by atoms with Crippen molar-refractivity contribution >= 4 is 27.8 Å². The molecule has 0 atom stereocenters. The average molecular weight is 489 g/mol. The van der Waals surface area contributed by atoms with Gasteiger partial charge in [0.05, 0.1) is 10.7 Å². The molecule has 0 heterocycles. The smallest absolute Gasteiger partial charge is 0.200 e. The lowest BCUT2D eigenvalue weighted by Crippen LogP contribution is -2.06. The van der Waals surface area contributed by atoms with Crippen molar-refractivity contribution in [3.05, 3.63) is 93.0 Å². The maximum Gasteiger partial charge on any atom is 0.200 e. The van der Waals surface area contributed by atoms with Crippen molar-refractivity contribution in [2.75, 3.05) is 5.43 Å². The number of ether oxygens (including phenoxy) is 1. The second kappa shape index (κ2) is 9.21. The number of hydrogen-bond acceptors (Lipinski definition) is 3. The van der Waals surface area contributed by atoms with Crippen molar-refractivity contribution in [1.82, 2.24) is 0 Å². The second-order valence-corrected chi connectivity index (χ2v) is 6.74. The van der Waals surface area contributed by atoms with Gasteiger partial charge in [-0.05, 0) is 45.8 Å². The normalized spacial score (nSPS) is 11.2. The first-order valence-corrected chi connectivity index (χ1v) is 9.05. The standard InChI is InChI=1S/C20H11BrF6N2O/c21-12-7-10(5-6-14(12)30-9-11-3-1-2-4-13(11)22)8-28-29-20-18(26)16(24)15(23)17(25)19(20)27/h1-8,29H,9H2/b28-8+. The summed E-state index contributed by atoms with van der Waals surface area (Å²) >= 11 is 3.26. The maximum absolute atomic E-state index is 13.6. The Morgan fingerprint density at radius 3 is 2.13 bits per heavy atom. The Bertz CT molecular complexity index is 1090. The predicted octanol–water partition coefficient (Wildman–Crippen LogP) is 6.31. The molecule has 3 aromatic rings. The van der Waals surface area contributed by atoms with E-state index in [1.54, 1.807) is 18.2 Å². The molecule has 0 saturated carbocycles. The van der Waals surface area contributed by atoms with E-state index in [4.69, 9.17) is 4.74 Å². The Morgan fingerprint density at radius 2 is 1.50 bits per heavy atom. The molecular weight excluding hydrogens is 478 g/mol. The third kappa shape index (κ3) is 4.59. The van der Waals surface area contributed by atoms with E-state index in [-0.39, 0.29) is 6.61 Å². The van der Waals surface area contributed by atoms with Gasteiger partial charge in [0.1, 0.15) is 23.9 Å². The number of nitrogens with one attached hydrogen (secondary N) is 1. The van der Waals surface area contributed by atoms with Crippen LogP contribution >= 0.6 is 15.9 Å². The number of nitrogens with zero attached hydrogens (tertiary/aromatic N) is 1. The van der Waals surface area contributed by atoms with Gasteiger partial charge in [-0.1, -0.05) is 18.2 Å². The highest BCUT2D eigenvalue weighted by molar-refractivity contribution is 9.10. The molecule has 0 aliphatic rings. The fraction of sp³-hybridized carbons (Fsp3) is 0.0500. The van der Waals surface area contributed by atoms with Crippen molar-refractivity contribution in [3.8, 4) is 5.75 Å². The van der Waals surface area contributed by atoms with Crippen LogP contribution in [0, 0.1) is 34.9 Å². The van der Waals surface area contributed by atoms with E-state index in [9.17, 15) is 26.3 Å². The molecule has 0 aliphatic carbocycles. The molecule has 0 fully saturated rings. The lowest BCUT2D eigenvalue weighted by molar-refractivity contribution is 0.298. The molecule has 0 saturated heterocycles. The number of rotatable bonds is 6. The Hall–Kier alpha value is -3.01. The molecule has 3 nitrogen and oxygen atoms in total. The van der Waals surface area contributed by atoms with Crippen LogP contribution in [0.3, 0.4) is 0 Å². The fourth-order valence-electron chi connectivity index (χ4n) is 2.36. The number of hydrazone groups is 1. The molecule has 156 valence electrons. The lowest BCUT2D eigenvalue weighted by atomic mass is 10.2. The summed E-state index contributed by atoms with van der Waals surface area (Å²) in [5, 5.41) is 3.50. The van der Waals surface area contributed by atoms with Crippen LogP contribution in [0.1, 0.15) is 11.1 Å². The SMILES string of the molecule is Fc1ccccc1COc1ccc(/C=N/Nc2c(F)c(F)c(F)c(F)c2F)cc1Br. The lowest BCUT2D eigenvalue weighted by Gasteiger charge is -2.09. The molecule has 0 unspecified atom stereocenters. The van der Waals surface area contributed by atoms with Crippen LogP contribution in [0.4, 0.5) is 32.0 Å². The molecule has 0 spiro atoms. The predicted molar refractivity (Wildman–Crippen MR) is 102 cm³/mol. The van der Waals surface area contributed by atoms with Crippen LogP contribution in [0.2, 0.25) is 0 Å². The summed E-state index contributed by atoms with van der Waals surface area (Å²) in [6.45, 7) is -0.0134. The molecule has 0 aliphatic heterocycles. The van der Waals surface area contributed by atoms with E-state index in [2.05, 4.69) is 21.0 Å². The summed E-state index contributed by atoms with van der Waals surface area (Å²) in [4.78, 5) is 0. The Morgan fingerprint density at radius 1 is 0.867 bits per heavy atom. The van der Waals surface area contributed by atoms with Gasteiger partial charge in [0, 0.05) is 5.56 Å². The van der Waals surface area contributed by atoms with Gasteiger partial charge in [-0.3, -0.25) is 5.43 Å². The molecular formula is C20H11BrF6N2O. The highest BCUT2D eigenvalue weighted by Gasteiger charge is 2.25. The zero-order valence-electron chi connectivity index (χ0n) is 14.8. The summed E-state index contributed by atoms with van der Waals surface area (Å²) in [7, 11) is 0. The minimum absolute atomic E-state index is 0.0134. The largest absolute Gasteiger partial charge is 0.488 e. The number of benzene rings is 3. The summed E-state index contributed by atoms with van der Waals surface area (Å²) in [6, 6.07) is 10.7. The van der Waals surface area contributed by atoms with Crippen molar-refractivity contribution in [2.45, 2.75) is 6.61 Å². The topological polar surface area (TPSA) is 33.6 Å². The van der Waals surface area contributed by atoms with E-state index >= 15 is 0 Å². The molecule has 0 aromatic heterocycles. The van der Waals surface area contributed by atoms with Gasteiger partial charge in [-0.15, -0.1) is 0 Å². The molecule has 30 heavy (non-hydrogen) atoms. The molecule has 3 aromatic carbocycles. The van der Waals surface area contributed by atoms with Crippen LogP contribution in [0.25, 0.3) is 0 Å². The molecule has 3 rings (SSSR count). The van der Waals surface area contributed by atoms with Gasteiger partial charge in [0.2, 0.25) is 5.82 Å². The fourth-order valence-corrected chi connectivity index (χ4v) is 2.87. The van der Waals surface area contributed by atoms with Gasteiger partial charge >= 0.3 is 0 Å². The van der Waals surface area contributed by atoms with Gasteiger partial charge in [-0.25, -0.2) is 26.3 Å². The molecule has 10 heteroatoms. The molecule has 0 bridgehead atoms. The van der Waals surface area contributed by atoms with Gasteiger partial charge in [0.25, 0.3) is 0 Å². The first-order valence-electron chi connectivity index (χ1n) is 8.26. The highest BCUT2D eigenvalue weighted by Crippen LogP contribution is 2.28. The Kier molecular flexibility index (Phi) is 6.66. The van der Waals surface area contributed by atoms with Crippen molar-refractivity contribution in [3.63, 3.8) is 0 Å². The molecule has 0 amide bonds. The van der Waals surface area contributed by atoms with Crippen molar-refractivity contribution in [2.24, 2.45) is 5.10 Å². The summed E-state index contributed by atoms with van der Waals surface area (Å²) in [6.07, 6.45) is 1.10. The first kappa shape index (κ1) is 21.7. The summed E-state index contributed by atoms with van der Waals surface area (Å²) < 4.78 is 86.2. The average Bonchev–Trinajstić information content (AvgIpc) is 2.73. The van der Waals surface area contributed by atoms with Crippen LogP contribution in [0.5, 0.6) is 5.75 Å². The molecule has 1 N–H and O–H groups in total. The summed E-state index contributed by atoms with van der Waals surface area (Å²) in [5.74, 6) is -10.5. The monoisotopic (exact) mass is 488 g/mol. The third-order valence-electron chi connectivity index (χ3n) is 3.90. The van der Waals surface area contributed by atoms with Crippen LogP contribution in [-0.4, -0.2) is 6.21 Å². The van der Waals surface area contributed by atoms with Crippen molar-refractivity contribution < 1.29 is 31.1 Å². The minimum Gasteiger partial charge on any atom is -0.488 e.